The zero-order chi connectivity index (χ0) is 10.6. The van der Waals surface area contributed by atoms with Crippen LogP contribution in [0.2, 0.25) is 0 Å². The predicted molar refractivity (Wildman–Crippen MR) is 53.4 cm³/mol. The van der Waals surface area contributed by atoms with Crippen LogP contribution in [0.15, 0.2) is 6.26 Å². The first-order chi connectivity index (χ1) is 6.51. The summed E-state index contributed by atoms with van der Waals surface area (Å²) >= 11 is 0. The molecule has 5 heteroatoms. The van der Waals surface area contributed by atoms with Gasteiger partial charge in [-0.25, -0.2) is 0 Å². The van der Waals surface area contributed by atoms with Gasteiger partial charge >= 0.3 is 0 Å². The highest BCUT2D eigenvalue weighted by atomic mass is 16.5. The van der Waals surface area contributed by atoms with Crippen molar-refractivity contribution in [1.29, 1.82) is 0 Å². The van der Waals surface area contributed by atoms with Crippen molar-refractivity contribution in [3.8, 4) is 0 Å². The molecule has 0 amide bonds. The van der Waals surface area contributed by atoms with Crippen molar-refractivity contribution >= 4 is 6.08 Å². The molecule has 0 aliphatic rings. The molecule has 1 rings (SSSR count). The quantitative estimate of drug-likeness (QED) is 0.687. The molecule has 5 nitrogen and oxygen atoms in total. The van der Waals surface area contributed by atoms with Crippen LogP contribution in [0.5, 0.6) is 0 Å². The lowest BCUT2D eigenvalue weighted by molar-refractivity contribution is 0.0783. The fraction of sp³-hybridized carbons (Fsp3) is 0.667. The Hall–Kier alpha value is -1.39. The van der Waals surface area contributed by atoms with Gasteiger partial charge in [0, 0.05) is 6.08 Å². The van der Waals surface area contributed by atoms with Crippen molar-refractivity contribution < 1.29 is 4.74 Å². The second-order valence-electron chi connectivity index (χ2n) is 3.87. The summed E-state index contributed by atoms with van der Waals surface area (Å²) in [4.78, 5) is 1.52. The molecule has 0 N–H and O–H groups in total. The van der Waals surface area contributed by atoms with E-state index in [1.807, 2.05) is 27.7 Å². The number of hydrogen-bond acceptors (Lipinski definition) is 4. The summed E-state index contributed by atoms with van der Waals surface area (Å²) in [6.45, 7) is 8.62. The summed E-state index contributed by atoms with van der Waals surface area (Å²) in [6, 6.07) is 0. The molecule has 0 aliphatic heterocycles. The van der Waals surface area contributed by atoms with Gasteiger partial charge in [-0.05, 0) is 32.9 Å². The van der Waals surface area contributed by atoms with Crippen LogP contribution < -0.4 is 0 Å². The lowest BCUT2D eigenvalue weighted by atomic mass is 10.2. The first kappa shape index (κ1) is 10.7. The second-order valence-corrected chi connectivity index (χ2v) is 3.87. The molecule has 0 aromatic carbocycles. The second kappa shape index (κ2) is 4.21. The molecule has 78 valence electrons. The average Bonchev–Trinajstić information content (AvgIpc) is 2.50. The summed E-state index contributed by atoms with van der Waals surface area (Å²) in [6.07, 6.45) is 3.29. The lowest BCUT2D eigenvalue weighted by Gasteiger charge is -2.17. The Kier molecular flexibility index (Phi) is 3.22. The van der Waals surface area contributed by atoms with Crippen molar-refractivity contribution in [3.63, 3.8) is 0 Å². The summed E-state index contributed by atoms with van der Waals surface area (Å²) in [7, 11) is 0. The van der Waals surface area contributed by atoms with Crippen LogP contribution in [0.25, 0.3) is 6.08 Å². The van der Waals surface area contributed by atoms with E-state index in [9.17, 15) is 0 Å². The van der Waals surface area contributed by atoms with Crippen LogP contribution in [0.4, 0.5) is 0 Å². The van der Waals surface area contributed by atoms with Gasteiger partial charge in [0.25, 0.3) is 0 Å². The first-order valence-corrected chi connectivity index (χ1v) is 4.63. The van der Waals surface area contributed by atoms with Crippen LogP contribution in [-0.4, -0.2) is 25.8 Å². The zero-order valence-electron chi connectivity index (χ0n) is 9.06. The molecule has 0 aliphatic carbocycles. The molecule has 14 heavy (non-hydrogen) atoms. The maximum Gasteiger partial charge on any atom is 0.200 e. The highest BCUT2D eigenvalue weighted by molar-refractivity contribution is 5.36. The number of aryl methyl sites for hydroxylation is 1. The molecule has 0 fully saturated rings. The molecule has 0 bridgehead atoms. The van der Waals surface area contributed by atoms with Gasteiger partial charge in [0.05, 0.1) is 18.4 Å². The number of hydrogen-bond donors (Lipinski definition) is 0. The third-order valence-electron chi connectivity index (χ3n) is 1.39. The van der Waals surface area contributed by atoms with E-state index in [1.165, 1.54) is 4.80 Å². The number of nitrogens with zero attached hydrogens (tertiary/aromatic N) is 4. The van der Waals surface area contributed by atoms with Gasteiger partial charge in [0.15, 0.2) is 0 Å². The van der Waals surface area contributed by atoms with E-state index in [2.05, 4.69) is 15.4 Å². The third kappa shape index (κ3) is 3.55. The summed E-state index contributed by atoms with van der Waals surface area (Å²) in [5.74, 6) is 0.566. The first-order valence-electron chi connectivity index (χ1n) is 4.63. The van der Waals surface area contributed by atoms with E-state index in [0.29, 0.717) is 5.82 Å². The van der Waals surface area contributed by atoms with Crippen LogP contribution in [0, 0.1) is 0 Å². The third-order valence-corrected chi connectivity index (χ3v) is 1.39. The Balaban J connectivity index is 2.52. The minimum absolute atomic E-state index is 0.183. The van der Waals surface area contributed by atoms with Gasteiger partial charge in [0.2, 0.25) is 5.82 Å². The van der Waals surface area contributed by atoms with Crippen molar-refractivity contribution in [2.45, 2.75) is 39.8 Å². The Bertz CT molecular complexity index is 311. The van der Waals surface area contributed by atoms with E-state index in [4.69, 9.17) is 4.74 Å². The van der Waals surface area contributed by atoms with Crippen LogP contribution in [0.3, 0.4) is 0 Å². The highest BCUT2D eigenvalue weighted by Crippen LogP contribution is 2.07. The molecule has 0 saturated carbocycles. The van der Waals surface area contributed by atoms with E-state index >= 15 is 0 Å². The Labute approximate surface area is 83.8 Å². The largest absolute Gasteiger partial charge is 0.496 e. The predicted octanol–water partition coefficient (Wildman–Crippen LogP) is 1.48. The Morgan fingerprint density at radius 3 is 2.64 bits per heavy atom. The van der Waals surface area contributed by atoms with Gasteiger partial charge in [-0.2, -0.15) is 4.80 Å². The maximum absolute atomic E-state index is 5.38. The minimum Gasteiger partial charge on any atom is -0.496 e. The monoisotopic (exact) mass is 196 g/mol. The standard InChI is InChI=1S/C9H16N4O/c1-5-13-11-8(10-12-13)6-7-14-9(2,3)4/h6-7H,5H2,1-4H3. The number of tetrazole rings is 1. The fourth-order valence-corrected chi connectivity index (χ4v) is 0.755. The molecule has 1 aromatic rings. The van der Waals surface area contributed by atoms with Crippen molar-refractivity contribution in [1.82, 2.24) is 20.2 Å². The Morgan fingerprint density at radius 1 is 1.43 bits per heavy atom. The molecule has 0 unspecified atom stereocenters. The summed E-state index contributed by atoms with van der Waals surface area (Å²) < 4.78 is 5.38. The smallest absolute Gasteiger partial charge is 0.200 e. The van der Waals surface area contributed by atoms with E-state index < -0.39 is 0 Å². The summed E-state index contributed by atoms with van der Waals surface area (Å²) in [5.41, 5.74) is -0.183. The van der Waals surface area contributed by atoms with Gasteiger partial charge in [0.1, 0.15) is 0 Å². The van der Waals surface area contributed by atoms with Crippen molar-refractivity contribution in [2.24, 2.45) is 0 Å². The van der Waals surface area contributed by atoms with Gasteiger partial charge < -0.3 is 4.74 Å². The maximum atomic E-state index is 5.38. The van der Waals surface area contributed by atoms with E-state index in [-0.39, 0.29) is 5.60 Å². The molecule has 0 radical (unpaired) electrons. The van der Waals surface area contributed by atoms with Gasteiger partial charge in [-0.15, -0.1) is 10.2 Å². The average molecular weight is 196 g/mol. The summed E-state index contributed by atoms with van der Waals surface area (Å²) in [5, 5.41) is 11.7. The normalized spacial score (nSPS) is 12.3. The number of aromatic nitrogens is 4. The number of rotatable bonds is 3. The van der Waals surface area contributed by atoms with Gasteiger partial charge in [-0.3, -0.25) is 0 Å². The molecule has 1 heterocycles. The topological polar surface area (TPSA) is 52.8 Å². The van der Waals surface area contributed by atoms with E-state index in [0.717, 1.165) is 6.54 Å². The Morgan fingerprint density at radius 2 is 2.14 bits per heavy atom. The highest BCUT2D eigenvalue weighted by Gasteiger charge is 2.07. The molecule has 0 saturated heterocycles. The van der Waals surface area contributed by atoms with E-state index in [1.54, 1.807) is 12.3 Å². The van der Waals surface area contributed by atoms with Crippen molar-refractivity contribution in [3.05, 3.63) is 12.1 Å². The fourth-order valence-electron chi connectivity index (χ4n) is 0.755. The molecular weight excluding hydrogens is 180 g/mol. The SMILES string of the molecule is CCn1nnc(C=COC(C)(C)C)n1. The molecule has 1 aromatic heterocycles. The molecule has 0 atom stereocenters. The minimum atomic E-state index is -0.183. The zero-order valence-corrected chi connectivity index (χ0v) is 9.06. The van der Waals surface area contributed by atoms with Crippen LogP contribution >= 0.6 is 0 Å². The van der Waals surface area contributed by atoms with Gasteiger partial charge in [-0.1, -0.05) is 0 Å². The number of ether oxygens (including phenoxy) is 1. The van der Waals surface area contributed by atoms with Crippen molar-refractivity contribution in [2.75, 3.05) is 0 Å². The van der Waals surface area contributed by atoms with Crippen LogP contribution in [0.1, 0.15) is 33.5 Å². The molecule has 0 spiro atoms. The molecular formula is C9H16N4O. The van der Waals surface area contributed by atoms with Crippen LogP contribution in [-0.2, 0) is 11.3 Å². The lowest BCUT2D eigenvalue weighted by Crippen LogP contribution is -2.15.